The van der Waals surface area contributed by atoms with Crippen molar-refractivity contribution in [2.24, 2.45) is 0 Å². The summed E-state index contributed by atoms with van der Waals surface area (Å²) in [6.45, 7) is 6.04. The van der Waals surface area contributed by atoms with Gasteiger partial charge in [-0.05, 0) is 38.3 Å². The second-order valence-corrected chi connectivity index (χ2v) is 5.54. The summed E-state index contributed by atoms with van der Waals surface area (Å²) >= 11 is 0. The summed E-state index contributed by atoms with van der Waals surface area (Å²) in [6, 6.07) is 3.96. The van der Waals surface area contributed by atoms with Crippen LogP contribution in [-0.4, -0.2) is 35.9 Å². The first-order chi connectivity index (χ1) is 9.08. The van der Waals surface area contributed by atoms with E-state index in [1.807, 2.05) is 25.3 Å². The van der Waals surface area contributed by atoms with Gasteiger partial charge in [0, 0.05) is 20.2 Å². The molecule has 0 radical (unpaired) electrons. The Labute approximate surface area is 115 Å². The molecule has 1 aromatic heterocycles. The van der Waals surface area contributed by atoms with E-state index in [2.05, 4.69) is 16.8 Å². The third-order valence-electron chi connectivity index (χ3n) is 4.02. The zero-order valence-corrected chi connectivity index (χ0v) is 12.1. The second kappa shape index (κ2) is 5.88. The molecule has 1 unspecified atom stereocenters. The summed E-state index contributed by atoms with van der Waals surface area (Å²) in [4.78, 5) is 6.67. The molecular weight excluding hydrogens is 240 g/mol. The normalized spacial score (nSPS) is 25.4. The molecule has 4 nitrogen and oxygen atoms in total. The Hall–Kier alpha value is -1.13. The van der Waals surface area contributed by atoms with E-state index < -0.39 is 6.10 Å². The van der Waals surface area contributed by atoms with Crippen molar-refractivity contribution in [2.45, 2.75) is 44.8 Å². The summed E-state index contributed by atoms with van der Waals surface area (Å²) in [7, 11) is 1.78. The van der Waals surface area contributed by atoms with Gasteiger partial charge in [-0.3, -0.25) is 4.98 Å². The van der Waals surface area contributed by atoms with E-state index in [9.17, 15) is 5.11 Å². The summed E-state index contributed by atoms with van der Waals surface area (Å²) in [5.74, 6) is 0. The number of nitrogens with zero attached hydrogens (tertiary/aromatic N) is 2. The minimum Gasteiger partial charge on any atom is -0.387 e. The highest BCUT2D eigenvalue weighted by Crippen LogP contribution is 2.28. The van der Waals surface area contributed by atoms with Crippen LogP contribution in [0.4, 0.5) is 5.69 Å². The molecule has 1 N–H and O–H groups in total. The molecule has 0 aliphatic carbocycles. The first kappa shape index (κ1) is 14.3. The van der Waals surface area contributed by atoms with Crippen LogP contribution in [0.5, 0.6) is 0 Å². The van der Waals surface area contributed by atoms with Crippen molar-refractivity contribution in [1.29, 1.82) is 0 Å². The van der Waals surface area contributed by atoms with Crippen LogP contribution in [-0.2, 0) is 4.74 Å². The number of rotatable bonds is 4. The monoisotopic (exact) mass is 264 g/mol. The molecule has 0 saturated carbocycles. The van der Waals surface area contributed by atoms with E-state index in [-0.39, 0.29) is 5.60 Å². The Morgan fingerprint density at radius 3 is 2.89 bits per heavy atom. The van der Waals surface area contributed by atoms with E-state index in [4.69, 9.17) is 4.74 Å². The summed E-state index contributed by atoms with van der Waals surface area (Å²) < 4.78 is 5.61. The number of hydrogen-bond acceptors (Lipinski definition) is 4. The maximum Gasteiger partial charge on any atom is 0.0957 e. The van der Waals surface area contributed by atoms with Gasteiger partial charge < -0.3 is 14.7 Å². The maximum absolute atomic E-state index is 9.76. The number of anilines is 1. The lowest BCUT2D eigenvalue weighted by atomic mass is 9.94. The topological polar surface area (TPSA) is 45.6 Å². The fraction of sp³-hybridized carbons (Fsp3) is 0.667. The van der Waals surface area contributed by atoms with Crippen molar-refractivity contribution in [3.63, 3.8) is 0 Å². The van der Waals surface area contributed by atoms with Crippen molar-refractivity contribution in [3.05, 3.63) is 24.0 Å². The quantitative estimate of drug-likeness (QED) is 0.907. The molecule has 1 aromatic rings. The maximum atomic E-state index is 9.76. The fourth-order valence-electron chi connectivity index (χ4n) is 2.58. The van der Waals surface area contributed by atoms with E-state index in [1.165, 1.54) is 0 Å². The fourth-order valence-corrected chi connectivity index (χ4v) is 2.58. The lowest BCUT2D eigenvalue weighted by molar-refractivity contribution is -0.00467. The number of piperidine rings is 1. The third-order valence-corrected chi connectivity index (χ3v) is 4.02. The zero-order chi connectivity index (χ0) is 13.9. The van der Waals surface area contributed by atoms with Crippen LogP contribution < -0.4 is 4.90 Å². The van der Waals surface area contributed by atoms with Crippen LogP contribution in [0.15, 0.2) is 18.3 Å². The van der Waals surface area contributed by atoms with Gasteiger partial charge in [0.05, 0.1) is 29.3 Å². The molecule has 0 bridgehead atoms. The molecule has 1 aliphatic heterocycles. The third kappa shape index (κ3) is 3.25. The largest absolute Gasteiger partial charge is 0.387 e. The lowest BCUT2D eigenvalue weighted by Crippen LogP contribution is -2.47. The van der Waals surface area contributed by atoms with Crippen molar-refractivity contribution in [1.82, 2.24) is 4.98 Å². The molecule has 0 amide bonds. The molecule has 1 fully saturated rings. The molecule has 1 aliphatic rings. The summed E-state index contributed by atoms with van der Waals surface area (Å²) in [5.41, 5.74) is 1.78. The highest BCUT2D eigenvalue weighted by atomic mass is 16.5. The molecule has 2 heterocycles. The van der Waals surface area contributed by atoms with Crippen molar-refractivity contribution >= 4 is 5.69 Å². The van der Waals surface area contributed by atoms with E-state index in [0.717, 1.165) is 37.3 Å². The van der Waals surface area contributed by atoms with Gasteiger partial charge in [-0.2, -0.15) is 0 Å². The molecule has 2 atom stereocenters. The van der Waals surface area contributed by atoms with Crippen LogP contribution in [0.25, 0.3) is 0 Å². The number of ether oxygens (including phenoxy) is 1. The predicted octanol–water partition coefficient (Wildman–Crippen LogP) is 2.53. The Morgan fingerprint density at radius 1 is 1.53 bits per heavy atom. The highest BCUT2D eigenvalue weighted by molar-refractivity contribution is 5.45. The van der Waals surface area contributed by atoms with Gasteiger partial charge in [0.15, 0.2) is 0 Å². The number of methoxy groups -OCH3 is 1. The van der Waals surface area contributed by atoms with Gasteiger partial charge in [-0.25, -0.2) is 0 Å². The van der Waals surface area contributed by atoms with Crippen LogP contribution >= 0.6 is 0 Å². The average molecular weight is 264 g/mol. The lowest BCUT2D eigenvalue weighted by Gasteiger charge is -2.40. The van der Waals surface area contributed by atoms with Gasteiger partial charge >= 0.3 is 0 Å². The molecule has 19 heavy (non-hydrogen) atoms. The summed E-state index contributed by atoms with van der Waals surface area (Å²) in [5, 5.41) is 9.76. The number of aliphatic hydroxyl groups is 1. The van der Waals surface area contributed by atoms with Crippen LogP contribution in [0.2, 0.25) is 0 Å². The Balaban J connectivity index is 2.09. The standard InChI is InChI=1S/C15H24N2O2/c1-4-14(18)13-7-6-12(10-16-13)17-9-5-8-15(2,11-17)19-3/h6-7,10,14,18H,4-5,8-9,11H2,1-3H3/t14-,15?/m1/s1. The number of aromatic nitrogens is 1. The number of hydrogen-bond donors (Lipinski definition) is 1. The molecule has 0 aromatic carbocycles. The molecule has 2 rings (SSSR count). The second-order valence-electron chi connectivity index (χ2n) is 5.54. The molecule has 106 valence electrons. The number of pyridine rings is 1. The minimum absolute atomic E-state index is 0.0696. The first-order valence-corrected chi connectivity index (χ1v) is 7.02. The van der Waals surface area contributed by atoms with E-state index in [1.54, 1.807) is 7.11 Å². The Bertz CT molecular complexity index is 407. The SMILES string of the molecule is CC[C@@H](O)c1ccc(N2CCCC(C)(OC)C2)cn1. The zero-order valence-electron chi connectivity index (χ0n) is 12.1. The Kier molecular flexibility index (Phi) is 4.42. The highest BCUT2D eigenvalue weighted by Gasteiger charge is 2.30. The van der Waals surface area contributed by atoms with Gasteiger partial charge in [0.2, 0.25) is 0 Å². The van der Waals surface area contributed by atoms with Gasteiger partial charge in [0.1, 0.15) is 0 Å². The minimum atomic E-state index is -0.459. The van der Waals surface area contributed by atoms with Crippen molar-refractivity contribution in [2.75, 3.05) is 25.1 Å². The number of aliphatic hydroxyl groups excluding tert-OH is 1. The van der Waals surface area contributed by atoms with Gasteiger partial charge in [-0.1, -0.05) is 6.92 Å². The molecule has 4 heteroatoms. The summed E-state index contributed by atoms with van der Waals surface area (Å²) in [6.07, 6.45) is 4.32. The average Bonchev–Trinajstić information content (AvgIpc) is 2.46. The first-order valence-electron chi connectivity index (χ1n) is 7.02. The van der Waals surface area contributed by atoms with Gasteiger partial charge in [0.25, 0.3) is 0 Å². The van der Waals surface area contributed by atoms with Gasteiger partial charge in [-0.15, -0.1) is 0 Å². The van der Waals surface area contributed by atoms with E-state index >= 15 is 0 Å². The van der Waals surface area contributed by atoms with Crippen molar-refractivity contribution < 1.29 is 9.84 Å². The molecule has 1 saturated heterocycles. The van der Waals surface area contributed by atoms with Crippen LogP contribution in [0, 0.1) is 0 Å². The predicted molar refractivity (Wildman–Crippen MR) is 76.3 cm³/mol. The van der Waals surface area contributed by atoms with Crippen LogP contribution in [0.1, 0.15) is 44.9 Å². The van der Waals surface area contributed by atoms with Crippen LogP contribution in [0.3, 0.4) is 0 Å². The van der Waals surface area contributed by atoms with Crippen molar-refractivity contribution in [3.8, 4) is 0 Å². The molecular formula is C15H24N2O2. The molecule has 0 spiro atoms. The van der Waals surface area contributed by atoms with E-state index in [0.29, 0.717) is 6.42 Å². The Morgan fingerprint density at radius 2 is 2.32 bits per heavy atom. The smallest absolute Gasteiger partial charge is 0.0957 e.